The van der Waals surface area contributed by atoms with Crippen LogP contribution < -0.4 is 16.0 Å². The standard InChI is InChI=1S/C16H24N4O4/c17-14(24-12-21)3-1-2-6-18-16(22)13-4-5-15(19-11-13)20-7-9-23-10-8-20/h4-5,11-12,14H,1-3,6-10,17H2,(H,18,22)/t14-/m1/s1. The van der Waals surface area contributed by atoms with Crippen molar-refractivity contribution in [2.24, 2.45) is 5.73 Å². The van der Waals surface area contributed by atoms with Gasteiger partial charge in [-0.05, 0) is 31.4 Å². The Balaban J connectivity index is 1.69. The summed E-state index contributed by atoms with van der Waals surface area (Å²) in [6.45, 7) is 3.91. The number of nitrogens with two attached hydrogens (primary N) is 1. The molecule has 1 fully saturated rings. The average molecular weight is 336 g/mol. The SMILES string of the molecule is N[C@@H](CCCCNC(=O)c1ccc(N2CCOCC2)nc1)OC=O. The van der Waals surface area contributed by atoms with Crippen molar-refractivity contribution in [3.8, 4) is 0 Å². The second kappa shape index (κ2) is 9.84. The number of amides is 1. The Morgan fingerprint density at radius 2 is 2.21 bits per heavy atom. The molecule has 1 amide bonds. The summed E-state index contributed by atoms with van der Waals surface area (Å²) in [6, 6.07) is 3.64. The Hall–Kier alpha value is -2.19. The van der Waals surface area contributed by atoms with E-state index >= 15 is 0 Å². The zero-order valence-corrected chi connectivity index (χ0v) is 13.6. The van der Waals surface area contributed by atoms with Gasteiger partial charge in [-0.1, -0.05) is 0 Å². The van der Waals surface area contributed by atoms with Crippen LogP contribution in [0.5, 0.6) is 0 Å². The number of anilines is 1. The number of aromatic nitrogens is 1. The fourth-order valence-electron chi connectivity index (χ4n) is 2.41. The van der Waals surface area contributed by atoms with Crippen molar-refractivity contribution in [1.82, 2.24) is 10.3 Å². The smallest absolute Gasteiger partial charge is 0.294 e. The van der Waals surface area contributed by atoms with E-state index in [4.69, 9.17) is 10.5 Å². The van der Waals surface area contributed by atoms with Crippen LogP contribution in [0.25, 0.3) is 0 Å². The molecule has 1 atom stereocenters. The maximum atomic E-state index is 12.1. The van der Waals surface area contributed by atoms with Gasteiger partial charge in [0.05, 0.1) is 18.8 Å². The summed E-state index contributed by atoms with van der Waals surface area (Å²) in [6.07, 6.45) is 3.12. The van der Waals surface area contributed by atoms with E-state index in [1.165, 1.54) is 0 Å². The predicted octanol–water partition coefficient (Wildman–Crippen LogP) is 0.276. The number of carbonyl (C=O) groups is 2. The van der Waals surface area contributed by atoms with Crippen LogP contribution in [0, 0.1) is 0 Å². The van der Waals surface area contributed by atoms with E-state index in [1.54, 1.807) is 12.3 Å². The maximum absolute atomic E-state index is 12.1. The number of hydrogen-bond acceptors (Lipinski definition) is 7. The van der Waals surface area contributed by atoms with Crippen molar-refractivity contribution in [2.75, 3.05) is 37.7 Å². The first-order chi connectivity index (χ1) is 11.7. The van der Waals surface area contributed by atoms with Crippen LogP contribution in [0.15, 0.2) is 18.3 Å². The molecule has 2 rings (SSSR count). The molecule has 0 saturated carbocycles. The lowest BCUT2D eigenvalue weighted by Gasteiger charge is -2.27. The summed E-state index contributed by atoms with van der Waals surface area (Å²) >= 11 is 0. The molecule has 1 saturated heterocycles. The highest BCUT2D eigenvalue weighted by Crippen LogP contribution is 2.13. The minimum Gasteiger partial charge on any atom is -0.449 e. The number of ether oxygens (including phenoxy) is 2. The molecule has 8 nitrogen and oxygen atoms in total. The van der Waals surface area contributed by atoms with E-state index < -0.39 is 6.23 Å². The molecule has 3 N–H and O–H groups in total. The number of nitrogens with zero attached hydrogens (tertiary/aromatic N) is 2. The van der Waals surface area contributed by atoms with Crippen LogP contribution in [-0.2, 0) is 14.3 Å². The lowest BCUT2D eigenvalue weighted by molar-refractivity contribution is -0.133. The second-order valence-corrected chi connectivity index (χ2v) is 5.53. The minimum absolute atomic E-state index is 0.149. The molecule has 0 spiro atoms. The monoisotopic (exact) mass is 336 g/mol. The number of unbranched alkanes of at least 4 members (excludes halogenated alkanes) is 1. The van der Waals surface area contributed by atoms with Gasteiger partial charge in [0.15, 0.2) is 6.23 Å². The van der Waals surface area contributed by atoms with Crippen LogP contribution in [-0.4, -0.2) is 56.4 Å². The highest BCUT2D eigenvalue weighted by Gasteiger charge is 2.13. The topological polar surface area (TPSA) is 107 Å². The third kappa shape index (κ3) is 5.78. The van der Waals surface area contributed by atoms with Crippen molar-refractivity contribution in [1.29, 1.82) is 0 Å². The van der Waals surface area contributed by atoms with Gasteiger partial charge < -0.3 is 19.7 Å². The van der Waals surface area contributed by atoms with E-state index in [-0.39, 0.29) is 5.91 Å². The van der Waals surface area contributed by atoms with Gasteiger partial charge in [0.25, 0.3) is 12.4 Å². The van der Waals surface area contributed by atoms with Gasteiger partial charge in [0.2, 0.25) is 0 Å². The third-order valence-corrected chi connectivity index (χ3v) is 3.78. The molecule has 2 heterocycles. The Kier molecular flexibility index (Phi) is 7.44. The van der Waals surface area contributed by atoms with E-state index in [1.807, 2.05) is 6.07 Å². The van der Waals surface area contributed by atoms with Gasteiger partial charge in [-0.25, -0.2) is 4.98 Å². The fourth-order valence-corrected chi connectivity index (χ4v) is 2.41. The predicted molar refractivity (Wildman–Crippen MR) is 88.6 cm³/mol. The van der Waals surface area contributed by atoms with Crippen LogP contribution in [0.4, 0.5) is 5.82 Å². The van der Waals surface area contributed by atoms with Gasteiger partial charge in [-0.3, -0.25) is 15.3 Å². The van der Waals surface area contributed by atoms with Gasteiger partial charge in [0.1, 0.15) is 5.82 Å². The number of hydrogen-bond donors (Lipinski definition) is 2. The lowest BCUT2D eigenvalue weighted by Crippen LogP contribution is -2.36. The molecule has 0 aliphatic carbocycles. The second-order valence-electron chi connectivity index (χ2n) is 5.53. The average Bonchev–Trinajstić information content (AvgIpc) is 2.62. The summed E-state index contributed by atoms with van der Waals surface area (Å²) in [7, 11) is 0. The molecule has 1 aromatic rings. The molecule has 0 aromatic carbocycles. The van der Waals surface area contributed by atoms with Crippen LogP contribution in [0.3, 0.4) is 0 Å². The largest absolute Gasteiger partial charge is 0.449 e. The molecule has 1 aliphatic rings. The molecule has 0 radical (unpaired) electrons. The summed E-state index contributed by atoms with van der Waals surface area (Å²) in [4.78, 5) is 28.6. The fraction of sp³-hybridized carbons (Fsp3) is 0.562. The third-order valence-electron chi connectivity index (χ3n) is 3.78. The summed E-state index contributed by atoms with van der Waals surface area (Å²) in [5, 5.41) is 2.84. The van der Waals surface area contributed by atoms with Crippen molar-refractivity contribution in [3.63, 3.8) is 0 Å². The Morgan fingerprint density at radius 3 is 2.88 bits per heavy atom. The number of morpholine rings is 1. The molecular formula is C16H24N4O4. The zero-order chi connectivity index (χ0) is 17.2. The molecule has 1 aromatic heterocycles. The van der Waals surface area contributed by atoms with E-state index in [0.29, 0.717) is 38.2 Å². The first kappa shape index (κ1) is 18.2. The van der Waals surface area contributed by atoms with Crippen molar-refractivity contribution >= 4 is 18.2 Å². The maximum Gasteiger partial charge on any atom is 0.294 e. The van der Waals surface area contributed by atoms with Gasteiger partial charge in [-0.15, -0.1) is 0 Å². The van der Waals surface area contributed by atoms with Crippen molar-refractivity contribution < 1.29 is 19.1 Å². The van der Waals surface area contributed by atoms with Crippen LogP contribution in [0.2, 0.25) is 0 Å². The normalized spacial score (nSPS) is 15.6. The molecule has 24 heavy (non-hydrogen) atoms. The van der Waals surface area contributed by atoms with Gasteiger partial charge >= 0.3 is 0 Å². The summed E-state index contributed by atoms with van der Waals surface area (Å²) in [5.74, 6) is 0.712. The van der Waals surface area contributed by atoms with E-state index in [0.717, 1.165) is 31.7 Å². The molecule has 8 heteroatoms. The molecule has 132 valence electrons. The number of nitrogens with one attached hydrogen (secondary N) is 1. The zero-order valence-electron chi connectivity index (χ0n) is 13.6. The molecule has 0 bridgehead atoms. The molecular weight excluding hydrogens is 312 g/mol. The lowest BCUT2D eigenvalue weighted by atomic mass is 10.2. The number of pyridine rings is 1. The minimum atomic E-state index is -0.574. The number of carbonyl (C=O) groups excluding carboxylic acids is 2. The Bertz CT molecular complexity index is 517. The first-order valence-corrected chi connectivity index (χ1v) is 8.12. The summed E-state index contributed by atoms with van der Waals surface area (Å²) in [5.41, 5.74) is 6.07. The van der Waals surface area contributed by atoms with E-state index in [9.17, 15) is 9.59 Å². The Labute approximate surface area is 141 Å². The first-order valence-electron chi connectivity index (χ1n) is 8.12. The highest BCUT2D eigenvalue weighted by molar-refractivity contribution is 5.94. The number of rotatable bonds is 9. The highest BCUT2D eigenvalue weighted by atomic mass is 16.5. The Morgan fingerprint density at radius 1 is 1.42 bits per heavy atom. The summed E-state index contributed by atoms with van der Waals surface area (Å²) < 4.78 is 9.90. The molecule has 0 unspecified atom stereocenters. The van der Waals surface area contributed by atoms with Crippen LogP contribution >= 0.6 is 0 Å². The van der Waals surface area contributed by atoms with Gasteiger partial charge in [-0.2, -0.15) is 0 Å². The quantitative estimate of drug-likeness (QED) is 0.379. The van der Waals surface area contributed by atoms with Crippen LogP contribution in [0.1, 0.15) is 29.6 Å². The van der Waals surface area contributed by atoms with Crippen molar-refractivity contribution in [3.05, 3.63) is 23.9 Å². The molecule has 1 aliphatic heterocycles. The van der Waals surface area contributed by atoms with Gasteiger partial charge in [0, 0.05) is 25.8 Å². The van der Waals surface area contributed by atoms with E-state index in [2.05, 4.69) is 19.9 Å². The van der Waals surface area contributed by atoms with Crippen molar-refractivity contribution in [2.45, 2.75) is 25.5 Å².